The number of H-pyrrole nitrogens is 1. The molecule has 0 unspecified atom stereocenters. The molecule has 0 aliphatic carbocycles. The smallest absolute Gasteiger partial charge is 0.407 e. The highest BCUT2D eigenvalue weighted by Crippen LogP contribution is 2.33. The van der Waals surface area contributed by atoms with E-state index < -0.39 is 20.0 Å². The second-order valence-corrected chi connectivity index (χ2v) is 20.0. The summed E-state index contributed by atoms with van der Waals surface area (Å²) in [7, 11) is -1.20. The van der Waals surface area contributed by atoms with E-state index in [-0.39, 0.29) is 41.9 Å². The molecule has 6 rings (SSSR count). The lowest BCUT2D eigenvalue weighted by Crippen LogP contribution is -2.42. The number of nitrogens with one attached hydrogen (secondary N) is 1. The Balaban J connectivity index is 1.19. The summed E-state index contributed by atoms with van der Waals surface area (Å²) in [5.41, 5.74) is 1.99. The second kappa shape index (κ2) is 13.6. The molecule has 2 aliphatic rings. The minimum atomic E-state index is -1.20. The number of halogens is 1. The molecule has 256 valence electrons. The van der Waals surface area contributed by atoms with E-state index in [0.717, 1.165) is 18.9 Å². The van der Waals surface area contributed by atoms with Crippen LogP contribution in [0.4, 0.5) is 19.8 Å². The fourth-order valence-electron chi connectivity index (χ4n) is 6.32. The van der Waals surface area contributed by atoms with Gasteiger partial charge < -0.3 is 19.6 Å². The predicted molar refractivity (Wildman–Crippen MR) is 182 cm³/mol. The highest BCUT2D eigenvalue weighted by Gasteiger charge is 2.41. The SMILES string of the molecule is CC(C)[C@H]1CN(CC2CCN(C(=O)O)CC2)C(=O)N1c1ccn2ncc(-c3ccc(-c4n[nH]c(COCC[Si](C)(C)C)n4)c(F)c3)c2n1. The molecule has 0 bridgehead atoms. The Bertz CT molecular complexity index is 1780. The van der Waals surface area contributed by atoms with E-state index in [2.05, 4.69) is 53.8 Å². The van der Waals surface area contributed by atoms with E-state index in [1.54, 1.807) is 40.0 Å². The first-order valence-electron chi connectivity index (χ1n) is 16.6. The molecule has 5 heterocycles. The maximum atomic E-state index is 15.5. The minimum Gasteiger partial charge on any atom is -0.465 e. The first-order valence-corrected chi connectivity index (χ1v) is 20.3. The predicted octanol–water partition coefficient (Wildman–Crippen LogP) is 5.83. The van der Waals surface area contributed by atoms with Gasteiger partial charge in [-0.15, -0.1) is 0 Å². The Morgan fingerprint density at radius 3 is 2.60 bits per heavy atom. The monoisotopic (exact) mass is 677 g/mol. The number of fused-ring (bicyclic) bond motifs is 1. The van der Waals surface area contributed by atoms with E-state index in [9.17, 15) is 14.7 Å². The van der Waals surface area contributed by atoms with Crippen molar-refractivity contribution in [3.05, 3.63) is 48.3 Å². The zero-order valence-electron chi connectivity index (χ0n) is 28.2. The summed E-state index contributed by atoms with van der Waals surface area (Å²) in [5.74, 6) is 1.24. The summed E-state index contributed by atoms with van der Waals surface area (Å²) in [4.78, 5) is 39.6. The first-order chi connectivity index (χ1) is 22.9. The van der Waals surface area contributed by atoms with Gasteiger partial charge in [0.15, 0.2) is 17.3 Å². The van der Waals surface area contributed by atoms with Crippen LogP contribution >= 0.6 is 0 Å². The molecule has 4 aromatic rings. The van der Waals surface area contributed by atoms with Crippen LogP contribution in [0.1, 0.15) is 32.5 Å². The minimum absolute atomic E-state index is 0.0911. The van der Waals surface area contributed by atoms with Crippen LogP contribution in [0.5, 0.6) is 0 Å². The summed E-state index contributed by atoms with van der Waals surface area (Å²) in [6.45, 7) is 14.1. The van der Waals surface area contributed by atoms with Crippen LogP contribution in [0, 0.1) is 17.7 Å². The molecular formula is C33H44FN9O4Si. The van der Waals surface area contributed by atoms with Crippen molar-refractivity contribution < 1.29 is 23.8 Å². The van der Waals surface area contributed by atoms with Crippen LogP contribution in [0.3, 0.4) is 0 Å². The number of carbonyl (C=O) groups excluding carboxylic acids is 1. The maximum Gasteiger partial charge on any atom is 0.407 e. The molecule has 1 aromatic carbocycles. The van der Waals surface area contributed by atoms with Crippen molar-refractivity contribution in [2.45, 2.75) is 65.0 Å². The normalized spacial score (nSPS) is 17.8. The van der Waals surface area contributed by atoms with Gasteiger partial charge >= 0.3 is 12.1 Å². The Labute approximate surface area is 280 Å². The maximum absolute atomic E-state index is 15.5. The second-order valence-electron chi connectivity index (χ2n) is 14.4. The van der Waals surface area contributed by atoms with Gasteiger partial charge in [0.1, 0.15) is 18.2 Å². The van der Waals surface area contributed by atoms with Crippen LogP contribution in [0.15, 0.2) is 36.7 Å². The third-order valence-corrected chi connectivity index (χ3v) is 10.9. The number of rotatable bonds is 11. The molecule has 0 radical (unpaired) electrons. The molecule has 3 aromatic heterocycles. The number of aromatic nitrogens is 6. The van der Waals surface area contributed by atoms with Gasteiger partial charge in [-0.1, -0.05) is 39.6 Å². The van der Waals surface area contributed by atoms with E-state index >= 15 is 4.39 Å². The third kappa shape index (κ3) is 7.21. The topological polar surface area (TPSA) is 145 Å². The van der Waals surface area contributed by atoms with Gasteiger partial charge in [0.2, 0.25) is 0 Å². The average molecular weight is 678 g/mol. The van der Waals surface area contributed by atoms with Crippen LogP contribution in [0.25, 0.3) is 28.2 Å². The zero-order valence-corrected chi connectivity index (χ0v) is 29.2. The number of aromatic amines is 1. The van der Waals surface area contributed by atoms with Crippen LogP contribution in [-0.2, 0) is 11.3 Å². The van der Waals surface area contributed by atoms with Gasteiger partial charge in [-0.3, -0.25) is 10.00 Å². The summed E-state index contributed by atoms with van der Waals surface area (Å²) in [5, 5.41) is 20.8. The fourth-order valence-corrected chi connectivity index (χ4v) is 7.07. The number of anilines is 1. The van der Waals surface area contributed by atoms with Crippen LogP contribution in [0.2, 0.25) is 25.7 Å². The molecule has 1 atom stereocenters. The number of amides is 3. The largest absolute Gasteiger partial charge is 0.465 e. The number of carbonyl (C=O) groups is 2. The number of benzene rings is 1. The van der Waals surface area contributed by atoms with Crippen molar-refractivity contribution in [2.24, 2.45) is 11.8 Å². The highest BCUT2D eigenvalue weighted by molar-refractivity contribution is 6.76. The quantitative estimate of drug-likeness (QED) is 0.149. The zero-order chi connectivity index (χ0) is 34.2. The Morgan fingerprint density at radius 2 is 1.92 bits per heavy atom. The van der Waals surface area contributed by atoms with Crippen molar-refractivity contribution in [2.75, 3.05) is 37.7 Å². The van der Waals surface area contributed by atoms with Gasteiger partial charge in [0.05, 0.1) is 17.8 Å². The van der Waals surface area contributed by atoms with Gasteiger partial charge in [-0.05, 0) is 54.5 Å². The van der Waals surface area contributed by atoms with Crippen LogP contribution in [-0.4, -0.2) is 104 Å². The van der Waals surface area contributed by atoms with E-state index in [1.807, 2.05) is 4.90 Å². The molecule has 2 saturated heterocycles. The number of hydrogen-bond acceptors (Lipinski definition) is 7. The van der Waals surface area contributed by atoms with E-state index in [0.29, 0.717) is 61.2 Å². The standard InChI is InChI=1S/C33H44FN9O4Si/c1-21(2)27-19-41(18-22-8-11-40(12-9-22)33(45)46)32(44)43(27)29-10-13-42-31(37-29)25(17-35-42)23-6-7-24(26(34)16-23)30-36-28(38-39-30)20-47-14-15-48(3,4)5/h6-7,10,13,16-17,21-22,27H,8-9,11-12,14-15,18-20H2,1-5H3,(H,45,46)(H,36,38,39)/t27-/m1/s1. The molecular weight excluding hydrogens is 634 g/mol. The van der Waals surface area contributed by atoms with Crippen molar-refractivity contribution >= 4 is 31.7 Å². The van der Waals surface area contributed by atoms with Gasteiger partial charge in [0.25, 0.3) is 0 Å². The lowest BCUT2D eigenvalue weighted by molar-refractivity contribution is 0.117. The summed E-state index contributed by atoms with van der Waals surface area (Å²) in [6.07, 6.45) is 3.97. The number of piperidine rings is 1. The molecule has 13 nitrogen and oxygen atoms in total. The lowest BCUT2D eigenvalue weighted by atomic mass is 9.96. The molecule has 0 saturated carbocycles. The molecule has 2 fully saturated rings. The van der Waals surface area contributed by atoms with Crippen LogP contribution < -0.4 is 4.90 Å². The molecule has 0 spiro atoms. The van der Waals surface area contributed by atoms with Gasteiger partial charge in [-0.25, -0.2) is 28.5 Å². The number of ether oxygens (including phenoxy) is 1. The van der Waals surface area contributed by atoms with E-state index in [4.69, 9.17) is 9.72 Å². The number of hydrogen-bond donors (Lipinski definition) is 2. The average Bonchev–Trinajstić information content (AvgIpc) is 3.76. The number of likely N-dealkylation sites (tertiary alicyclic amines) is 1. The van der Waals surface area contributed by atoms with E-state index in [1.165, 1.54) is 11.0 Å². The van der Waals surface area contributed by atoms with Crippen molar-refractivity contribution in [1.82, 2.24) is 39.6 Å². The van der Waals surface area contributed by atoms with Crippen molar-refractivity contribution in [3.63, 3.8) is 0 Å². The number of nitrogens with zero attached hydrogens (tertiary/aromatic N) is 8. The Morgan fingerprint density at radius 1 is 1.15 bits per heavy atom. The third-order valence-electron chi connectivity index (χ3n) is 9.24. The molecule has 2 N–H and O–H groups in total. The van der Waals surface area contributed by atoms with Crippen molar-refractivity contribution in [1.29, 1.82) is 0 Å². The highest BCUT2D eigenvalue weighted by atomic mass is 28.3. The molecule has 2 aliphatic heterocycles. The summed E-state index contributed by atoms with van der Waals surface area (Å²) < 4.78 is 22.9. The summed E-state index contributed by atoms with van der Waals surface area (Å²) >= 11 is 0. The number of carboxylic acid groups (broad SMARTS) is 1. The lowest BCUT2D eigenvalue weighted by Gasteiger charge is -2.32. The fraction of sp³-hybridized carbons (Fsp3) is 0.515. The van der Waals surface area contributed by atoms with Gasteiger partial charge in [0, 0.05) is 52.6 Å². The van der Waals surface area contributed by atoms with Crippen molar-refractivity contribution in [3.8, 4) is 22.5 Å². The number of urea groups is 1. The van der Waals surface area contributed by atoms with Gasteiger partial charge in [-0.2, -0.15) is 10.2 Å². The Kier molecular flexibility index (Phi) is 9.52. The molecule has 3 amide bonds. The molecule has 15 heteroatoms. The Hall–Kier alpha value is -4.37. The summed E-state index contributed by atoms with van der Waals surface area (Å²) in [6, 6.07) is 7.49. The first kappa shape index (κ1) is 33.5. The molecule has 48 heavy (non-hydrogen) atoms.